The van der Waals surface area contributed by atoms with Crippen molar-refractivity contribution < 1.29 is 0 Å². The average Bonchev–Trinajstić information content (AvgIpc) is 1.91. The molecule has 1 aliphatic heterocycles. The molecule has 0 amide bonds. The second kappa shape index (κ2) is 5.69. The van der Waals surface area contributed by atoms with Gasteiger partial charge in [0, 0.05) is 25.7 Å². The zero-order valence-corrected chi connectivity index (χ0v) is 7.65. The topological polar surface area (TPSA) is 15.3 Å². The van der Waals surface area contributed by atoms with Gasteiger partial charge in [-0.15, -0.1) is 0 Å². The second-order valence-corrected chi connectivity index (χ2v) is 2.62. The molecular formula is C8H20N2. The van der Waals surface area contributed by atoms with Crippen molar-refractivity contribution in [2.75, 3.05) is 26.7 Å². The fourth-order valence-electron chi connectivity index (χ4n) is 1.13. The van der Waals surface area contributed by atoms with Crippen LogP contribution in [0.2, 0.25) is 0 Å². The predicted octanol–water partition coefficient (Wildman–Crippen LogP) is 0.936. The van der Waals surface area contributed by atoms with Crippen molar-refractivity contribution in [1.29, 1.82) is 0 Å². The van der Waals surface area contributed by atoms with Gasteiger partial charge in [-0.05, 0) is 14.0 Å². The van der Waals surface area contributed by atoms with Crippen LogP contribution in [0.15, 0.2) is 0 Å². The van der Waals surface area contributed by atoms with Gasteiger partial charge in [0.15, 0.2) is 0 Å². The molecule has 2 heteroatoms. The first-order valence-electron chi connectivity index (χ1n) is 4.21. The molecule has 0 aromatic rings. The molecule has 1 fully saturated rings. The van der Waals surface area contributed by atoms with E-state index in [9.17, 15) is 0 Å². The second-order valence-electron chi connectivity index (χ2n) is 2.62. The standard InChI is InChI=1S/C6H14N2.C2H6/c1-6-5-8(2)4-3-7-6;1-2/h6-7H,3-5H2,1-2H3;1-2H3/t6-;/m0./s1. The maximum absolute atomic E-state index is 3.37. The normalized spacial score (nSPS) is 27.0. The molecule has 62 valence electrons. The minimum absolute atomic E-state index is 0.689. The van der Waals surface area contributed by atoms with Crippen molar-refractivity contribution in [1.82, 2.24) is 10.2 Å². The Morgan fingerprint density at radius 3 is 2.30 bits per heavy atom. The summed E-state index contributed by atoms with van der Waals surface area (Å²) < 4.78 is 0. The summed E-state index contributed by atoms with van der Waals surface area (Å²) in [6.07, 6.45) is 0. The smallest absolute Gasteiger partial charge is 0.0167 e. The first-order chi connectivity index (χ1) is 4.79. The fraction of sp³-hybridized carbons (Fsp3) is 1.00. The maximum atomic E-state index is 3.37. The van der Waals surface area contributed by atoms with Crippen LogP contribution in [-0.2, 0) is 0 Å². The van der Waals surface area contributed by atoms with Crippen LogP contribution in [0.5, 0.6) is 0 Å². The Morgan fingerprint density at radius 1 is 1.40 bits per heavy atom. The van der Waals surface area contributed by atoms with E-state index < -0.39 is 0 Å². The van der Waals surface area contributed by atoms with Gasteiger partial charge in [-0.25, -0.2) is 0 Å². The van der Waals surface area contributed by atoms with Crippen LogP contribution in [-0.4, -0.2) is 37.6 Å². The SMILES string of the molecule is CC.C[C@H]1CN(C)CCN1. The van der Waals surface area contributed by atoms with Gasteiger partial charge >= 0.3 is 0 Å². The molecule has 1 atom stereocenters. The molecule has 0 aromatic carbocycles. The molecule has 0 saturated carbocycles. The lowest BCUT2D eigenvalue weighted by Crippen LogP contribution is -2.47. The summed E-state index contributed by atoms with van der Waals surface area (Å²) in [6, 6.07) is 0.689. The van der Waals surface area contributed by atoms with E-state index in [4.69, 9.17) is 0 Å². The Labute approximate surface area is 64.6 Å². The van der Waals surface area contributed by atoms with Crippen LogP contribution in [0.25, 0.3) is 0 Å². The molecule has 0 aliphatic carbocycles. The van der Waals surface area contributed by atoms with Gasteiger partial charge in [0.2, 0.25) is 0 Å². The van der Waals surface area contributed by atoms with Gasteiger partial charge in [-0.3, -0.25) is 0 Å². The zero-order valence-electron chi connectivity index (χ0n) is 7.65. The van der Waals surface area contributed by atoms with E-state index in [2.05, 4.69) is 24.2 Å². The van der Waals surface area contributed by atoms with Crippen LogP contribution in [0.4, 0.5) is 0 Å². The number of hydrogen-bond donors (Lipinski definition) is 1. The summed E-state index contributed by atoms with van der Waals surface area (Å²) in [6.45, 7) is 9.76. The monoisotopic (exact) mass is 144 g/mol. The number of likely N-dealkylation sites (N-methyl/N-ethyl adjacent to an activating group) is 1. The molecule has 0 spiro atoms. The van der Waals surface area contributed by atoms with Crippen molar-refractivity contribution >= 4 is 0 Å². The van der Waals surface area contributed by atoms with Gasteiger partial charge in [-0.1, -0.05) is 13.8 Å². The Kier molecular flexibility index (Phi) is 5.64. The van der Waals surface area contributed by atoms with E-state index in [0.717, 1.165) is 6.54 Å². The molecule has 0 bridgehead atoms. The molecule has 0 aromatic heterocycles. The lowest BCUT2D eigenvalue weighted by Gasteiger charge is -2.28. The summed E-state index contributed by atoms with van der Waals surface area (Å²) in [5, 5.41) is 3.37. The first-order valence-corrected chi connectivity index (χ1v) is 4.21. The van der Waals surface area contributed by atoms with E-state index in [-0.39, 0.29) is 0 Å². The van der Waals surface area contributed by atoms with Crippen molar-refractivity contribution in [3.8, 4) is 0 Å². The third kappa shape index (κ3) is 3.85. The van der Waals surface area contributed by atoms with E-state index in [1.807, 2.05) is 13.8 Å². The largest absolute Gasteiger partial charge is 0.312 e. The minimum atomic E-state index is 0.689. The number of nitrogens with one attached hydrogen (secondary N) is 1. The van der Waals surface area contributed by atoms with E-state index in [1.165, 1.54) is 13.1 Å². The quantitative estimate of drug-likeness (QED) is 0.544. The highest BCUT2D eigenvalue weighted by molar-refractivity contribution is 4.71. The van der Waals surface area contributed by atoms with Crippen molar-refractivity contribution in [2.24, 2.45) is 0 Å². The highest BCUT2D eigenvalue weighted by atomic mass is 15.2. The van der Waals surface area contributed by atoms with Gasteiger partial charge in [-0.2, -0.15) is 0 Å². The third-order valence-corrected chi connectivity index (χ3v) is 1.57. The third-order valence-electron chi connectivity index (χ3n) is 1.57. The Morgan fingerprint density at radius 2 is 2.00 bits per heavy atom. The number of piperazine rings is 1. The van der Waals surface area contributed by atoms with Gasteiger partial charge in [0.05, 0.1) is 0 Å². The van der Waals surface area contributed by atoms with Crippen molar-refractivity contribution in [2.45, 2.75) is 26.8 Å². The van der Waals surface area contributed by atoms with Crippen LogP contribution >= 0.6 is 0 Å². The number of nitrogens with zero attached hydrogens (tertiary/aromatic N) is 1. The Balaban J connectivity index is 0.000000371. The summed E-state index contributed by atoms with van der Waals surface area (Å²) in [5.74, 6) is 0. The molecule has 10 heavy (non-hydrogen) atoms. The van der Waals surface area contributed by atoms with Crippen LogP contribution in [0.1, 0.15) is 20.8 Å². The number of rotatable bonds is 0. The molecule has 1 N–H and O–H groups in total. The summed E-state index contributed by atoms with van der Waals surface area (Å²) in [5.41, 5.74) is 0. The van der Waals surface area contributed by atoms with E-state index in [1.54, 1.807) is 0 Å². The maximum Gasteiger partial charge on any atom is 0.0167 e. The lowest BCUT2D eigenvalue weighted by molar-refractivity contribution is 0.248. The zero-order chi connectivity index (χ0) is 7.98. The molecule has 2 nitrogen and oxygen atoms in total. The van der Waals surface area contributed by atoms with Gasteiger partial charge < -0.3 is 10.2 Å². The van der Waals surface area contributed by atoms with Crippen LogP contribution in [0, 0.1) is 0 Å². The van der Waals surface area contributed by atoms with Gasteiger partial charge in [0.25, 0.3) is 0 Å². The van der Waals surface area contributed by atoms with Crippen LogP contribution in [0.3, 0.4) is 0 Å². The fourth-order valence-corrected chi connectivity index (χ4v) is 1.13. The highest BCUT2D eigenvalue weighted by Crippen LogP contribution is 1.92. The van der Waals surface area contributed by atoms with E-state index >= 15 is 0 Å². The number of hydrogen-bond acceptors (Lipinski definition) is 2. The van der Waals surface area contributed by atoms with E-state index in [0.29, 0.717) is 6.04 Å². The van der Waals surface area contributed by atoms with Crippen LogP contribution < -0.4 is 5.32 Å². The highest BCUT2D eigenvalue weighted by Gasteiger charge is 2.09. The predicted molar refractivity (Wildman–Crippen MR) is 46.3 cm³/mol. The molecule has 1 heterocycles. The summed E-state index contributed by atoms with van der Waals surface area (Å²) in [7, 11) is 2.16. The Hall–Kier alpha value is -0.0800. The van der Waals surface area contributed by atoms with Crippen molar-refractivity contribution in [3.63, 3.8) is 0 Å². The summed E-state index contributed by atoms with van der Waals surface area (Å²) in [4.78, 5) is 2.35. The average molecular weight is 144 g/mol. The Bertz CT molecular complexity index is 65.7. The molecule has 0 radical (unpaired) electrons. The molecule has 1 rings (SSSR count). The van der Waals surface area contributed by atoms with Gasteiger partial charge in [0.1, 0.15) is 0 Å². The summed E-state index contributed by atoms with van der Waals surface area (Å²) >= 11 is 0. The molecular weight excluding hydrogens is 124 g/mol. The molecule has 1 saturated heterocycles. The minimum Gasteiger partial charge on any atom is -0.312 e. The first kappa shape index (κ1) is 9.92. The van der Waals surface area contributed by atoms with Crippen molar-refractivity contribution in [3.05, 3.63) is 0 Å². The molecule has 1 aliphatic rings. The molecule has 0 unspecified atom stereocenters. The lowest BCUT2D eigenvalue weighted by atomic mass is 10.2.